The second-order valence-electron chi connectivity index (χ2n) is 13.2. The summed E-state index contributed by atoms with van der Waals surface area (Å²) in [6, 6.07) is 62.2. The van der Waals surface area contributed by atoms with Crippen LogP contribution in [-0.2, 0) is 0 Å². The first-order chi connectivity index (χ1) is 25.8. The fourth-order valence-electron chi connectivity index (χ4n) is 7.98. The van der Waals surface area contributed by atoms with E-state index in [4.69, 9.17) is 8.83 Å². The molecule has 0 radical (unpaired) electrons. The average molecular weight is 684 g/mol. The van der Waals surface area contributed by atoms with Gasteiger partial charge in [0.2, 0.25) is 0 Å². The molecule has 3 nitrogen and oxygen atoms in total. The Kier molecular flexibility index (Phi) is 6.42. The second-order valence-corrected chi connectivity index (χ2v) is 14.3. The zero-order valence-electron chi connectivity index (χ0n) is 27.9. The van der Waals surface area contributed by atoms with Gasteiger partial charge in [-0.25, -0.2) is 0 Å². The Morgan fingerprint density at radius 1 is 0.365 bits per heavy atom. The van der Waals surface area contributed by atoms with Gasteiger partial charge in [0.1, 0.15) is 22.3 Å². The molecule has 0 fully saturated rings. The maximum atomic E-state index is 6.97. The van der Waals surface area contributed by atoms with Gasteiger partial charge in [-0.3, -0.25) is 0 Å². The molecule has 11 aromatic rings. The summed E-state index contributed by atoms with van der Waals surface area (Å²) < 4.78 is 15.9. The average Bonchev–Trinajstić information content (AvgIpc) is 3.90. The summed E-state index contributed by atoms with van der Waals surface area (Å²) >= 11 is 1.85. The lowest BCUT2D eigenvalue weighted by molar-refractivity contribution is 0.663. The van der Waals surface area contributed by atoms with E-state index in [9.17, 15) is 0 Å². The van der Waals surface area contributed by atoms with E-state index >= 15 is 0 Å². The van der Waals surface area contributed by atoms with Gasteiger partial charge in [0.05, 0.1) is 0 Å². The van der Waals surface area contributed by atoms with Crippen LogP contribution in [0.4, 0.5) is 17.1 Å². The van der Waals surface area contributed by atoms with Crippen molar-refractivity contribution in [2.75, 3.05) is 4.90 Å². The minimum atomic E-state index is 0.849. The summed E-state index contributed by atoms with van der Waals surface area (Å²) in [7, 11) is 0. The van der Waals surface area contributed by atoms with Gasteiger partial charge in [-0.05, 0) is 77.9 Å². The van der Waals surface area contributed by atoms with E-state index in [2.05, 4.69) is 163 Å². The number of anilines is 3. The summed E-state index contributed by atoms with van der Waals surface area (Å²) in [5.41, 5.74) is 11.3. The first-order valence-corrected chi connectivity index (χ1v) is 18.3. The van der Waals surface area contributed by atoms with Gasteiger partial charge < -0.3 is 13.7 Å². The topological polar surface area (TPSA) is 29.5 Å². The highest BCUT2D eigenvalue weighted by molar-refractivity contribution is 7.26. The van der Waals surface area contributed by atoms with Gasteiger partial charge in [-0.15, -0.1) is 11.3 Å². The number of nitrogens with zero attached hydrogens (tertiary/aromatic N) is 1. The van der Waals surface area contributed by atoms with Crippen LogP contribution in [0.15, 0.2) is 185 Å². The van der Waals surface area contributed by atoms with Gasteiger partial charge in [0, 0.05) is 69.9 Å². The molecule has 244 valence electrons. The lowest BCUT2D eigenvalue weighted by atomic mass is 9.92. The minimum absolute atomic E-state index is 0.849. The monoisotopic (exact) mass is 683 g/mol. The fourth-order valence-corrected chi connectivity index (χ4v) is 9.21. The predicted octanol–water partition coefficient (Wildman–Crippen LogP) is 14.7. The normalized spacial score (nSPS) is 11.8. The number of rotatable bonds is 5. The van der Waals surface area contributed by atoms with E-state index in [1.165, 1.54) is 25.7 Å². The quantitative estimate of drug-likeness (QED) is 0.181. The number of para-hydroxylation sites is 3. The molecule has 4 heteroatoms. The van der Waals surface area contributed by atoms with E-state index < -0.39 is 0 Å². The van der Waals surface area contributed by atoms with E-state index in [0.29, 0.717) is 0 Å². The predicted molar refractivity (Wildman–Crippen MR) is 219 cm³/mol. The zero-order valence-corrected chi connectivity index (χ0v) is 28.7. The molecule has 52 heavy (non-hydrogen) atoms. The molecule has 0 saturated heterocycles. The maximum Gasteiger partial charge on any atom is 0.143 e. The molecular formula is C48H29NO2S. The Bertz CT molecular complexity index is 3080. The summed E-state index contributed by atoms with van der Waals surface area (Å²) in [5, 5.41) is 6.94. The van der Waals surface area contributed by atoms with Crippen molar-refractivity contribution in [1.82, 2.24) is 0 Å². The lowest BCUT2D eigenvalue weighted by Crippen LogP contribution is -2.09. The van der Waals surface area contributed by atoms with E-state index in [0.717, 1.165) is 77.6 Å². The Morgan fingerprint density at radius 2 is 0.981 bits per heavy atom. The molecule has 3 aromatic heterocycles. The Balaban J connectivity index is 1.17. The van der Waals surface area contributed by atoms with Crippen molar-refractivity contribution in [2.24, 2.45) is 0 Å². The molecule has 3 heterocycles. The molecule has 0 spiro atoms. The van der Waals surface area contributed by atoms with Crippen molar-refractivity contribution in [3.63, 3.8) is 0 Å². The molecule has 0 N–H and O–H groups in total. The summed E-state index contributed by atoms with van der Waals surface area (Å²) in [4.78, 5) is 2.29. The largest absolute Gasteiger partial charge is 0.456 e. The number of hydrogen-bond acceptors (Lipinski definition) is 4. The Labute approximate surface area is 303 Å². The van der Waals surface area contributed by atoms with Crippen LogP contribution in [0, 0.1) is 0 Å². The number of hydrogen-bond donors (Lipinski definition) is 0. The van der Waals surface area contributed by atoms with Crippen molar-refractivity contribution >= 4 is 92.4 Å². The lowest BCUT2D eigenvalue weighted by Gasteiger charge is -2.25. The molecule has 11 rings (SSSR count). The third-order valence-corrected chi connectivity index (χ3v) is 11.5. The Hall–Kier alpha value is -6.62. The van der Waals surface area contributed by atoms with Gasteiger partial charge in [-0.2, -0.15) is 0 Å². The molecule has 0 unspecified atom stereocenters. The third-order valence-electron chi connectivity index (χ3n) is 10.3. The second kappa shape index (κ2) is 11.5. The van der Waals surface area contributed by atoms with Crippen LogP contribution in [0.3, 0.4) is 0 Å². The fraction of sp³-hybridized carbons (Fsp3) is 0. The number of furan rings is 2. The highest BCUT2D eigenvalue weighted by Crippen LogP contribution is 2.49. The minimum Gasteiger partial charge on any atom is -0.456 e. The molecule has 0 bridgehead atoms. The molecule has 0 saturated carbocycles. The first-order valence-electron chi connectivity index (χ1n) is 17.5. The van der Waals surface area contributed by atoms with Crippen molar-refractivity contribution in [3.8, 4) is 22.3 Å². The van der Waals surface area contributed by atoms with Crippen molar-refractivity contribution in [1.29, 1.82) is 0 Å². The van der Waals surface area contributed by atoms with Crippen LogP contribution in [0.5, 0.6) is 0 Å². The number of thiophene rings is 1. The first kappa shape index (κ1) is 29.1. The van der Waals surface area contributed by atoms with E-state index in [1.54, 1.807) is 0 Å². The van der Waals surface area contributed by atoms with Crippen LogP contribution in [0.25, 0.3) is 86.3 Å². The molecular weight excluding hydrogens is 655 g/mol. The van der Waals surface area contributed by atoms with Crippen molar-refractivity contribution in [2.45, 2.75) is 0 Å². The van der Waals surface area contributed by atoms with Gasteiger partial charge in [-0.1, -0.05) is 109 Å². The molecule has 0 aliphatic carbocycles. The number of benzene rings is 8. The Morgan fingerprint density at radius 3 is 1.75 bits per heavy atom. The SMILES string of the molecule is c1ccc(N(c2ccccc2)c2ccc(-c3ccc(-c4cccc5c4sc4ccccc45)c4c3oc3ccc5oc6ccccc6c5c34)cc2)cc1. The smallest absolute Gasteiger partial charge is 0.143 e. The highest BCUT2D eigenvalue weighted by atomic mass is 32.1. The van der Waals surface area contributed by atoms with Crippen LogP contribution < -0.4 is 4.90 Å². The molecule has 0 aliphatic rings. The standard InChI is InChI=1S/C48H29NO2S/c1-3-12-31(13-4-1)49(32-14-5-2-6-15-32)33-24-22-30(23-25-33)34-26-27-36(38-19-11-18-37-35-16-8-10-21-43(35)52-48(37)38)45-46-42(51-47(34)45)29-28-41-44(46)39-17-7-9-20-40(39)50-41/h1-29H. The van der Waals surface area contributed by atoms with E-state index in [1.807, 2.05) is 29.5 Å². The van der Waals surface area contributed by atoms with Crippen LogP contribution in [0.1, 0.15) is 0 Å². The third kappa shape index (κ3) is 4.38. The summed E-state index contributed by atoms with van der Waals surface area (Å²) in [6.07, 6.45) is 0. The van der Waals surface area contributed by atoms with Gasteiger partial charge in [0.25, 0.3) is 0 Å². The van der Waals surface area contributed by atoms with Crippen LogP contribution >= 0.6 is 11.3 Å². The summed E-state index contributed by atoms with van der Waals surface area (Å²) in [6.45, 7) is 0. The molecule has 0 aliphatic heterocycles. The molecule has 8 aromatic carbocycles. The van der Waals surface area contributed by atoms with E-state index in [-0.39, 0.29) is 0 Å². The molecule has 0 atom stereocenters. The highest BCUT2D eigenvalue weighted by Gasteiger charge is 2.23. The summed E-state index contributed by atoms with van der Waals surface area (Å²) in [5.74, 6) is 0. The molecule has 0 amide bonds. The van der Waals surface area contributed by atoms with Crippen LogP contribution in [-0.4, -0.2) is 0 Å². The van der Waals surface area contributed by atoms with Crippen molar-refractivity contribution in [3.05, 3.63) is 176 Å². The van der Waals surface area contributed by atoms with Gasteiger partial charge >= 0.3 is 0 Å². The van der Waals surface area contributed by atoms with Crippen molar-refractivity contribution < 1.29 is 8.83 Å². The zero-order chi connectivity index (χ0) is 34.2. The maximum absolute atomic E-state index is 6.97. The number of fused-ring (bicyclic) bond motifs is 10. The van der Waals surface area contributed by atoms with Gasteiger partial charge in [0.15, 0.2) is 0 Å². The van der Waals surface area contributed by atoms with Crippen LogP contribution in [0.2, 0.25) is 0 Å².